The number of hydrogen-bond donors (Lipinski definition) is 0. The highest BCUT2D eigenvalue weighted by atomic mass is 16.1. The molecule has 0 heterocycles. The second kappa shape index (κ2) is 6.73. The first-order valence-electron chi connectivity index (χ1n) is 13.6. The van der Waals surface area contributed by atoms with E-state index in [2.05, 4.69) is 54.5 Å². The van der Waals surface area contributed by atoms with Crippen LogP contribution in [-0.4, -0.2) is 5.78 Å². The zero-order chi connectivity index (χ0) is 22.4. The summed E-state index contributed by atoms with van der Waals surface area (Å²) < 4.78 is 0. The Morgan fingerprint density at radius 1 is 0.935 bits per heavy atom. The van der Waals surface area contributed by atoms with Crippen LogP contribution in [0.3, 0.4) is 0 Å². The highest BCUT2D eigenvalue weighted by Gasteiger charge is 2.82. The number of fused-ring (bicyclic) bond motifs is 2. The first kappa shape index (κ1) is 22.2. The van der Waals surface area contributed by atoms with Crippen molar-refractivity contribution >= 4 is 5.78 Å². The van der Waals surface area contributed by atoms with Gasteiger partial charge < -0.3 is 0 Å². The molecule has 5 saturated carbocycles. The van der Waals surface area contributed by atoms with E-state index in [4.69, 9.17) is 0 Å². The summed E-state index contributed by atoms with van der Waals surface area (Å²) in [6.07, 6.45) is 17.1. The molecule has 0 aromatic carbocycles. The van der Waals surface area contributed by atoms with Crippen molar-refractivity contribution in [1.29, 1.82) is 0 Å². The smallest absolute Gasteiger partial charge is 0.138 e. The summed E-state index contributed by atoms with van der Waals surface area (Å²) in [5, 5.41) is 0. The number of carbonyl (C=O) groups is 1. The minimum atomic E-state index is -0.0774. The van der Waals surface area contributed by atoms with Gasteiger partial charge in [-0.05, 0) is 123 Å². The maximum Gasteiger partial charge on any atom is 0.138 e. The van der Waals surface area contributed by atoms with Crippen LogP contribution in [0.5, 0.6) is 0 Å². The van der Waals surface area contributed by atoms with E-state index in [0.29, 0.717) is 33.4 Å². The maximum atomic E-state index is 12.8. The predicted octanol–water partition coefficient (Wildman–Crippen LogP) is 8.38. The Kier molecular flexibility index (Phi) is 4.82. The Labute approximate surface area is 192 Å². The normalized spacial score (nSPS) is 50.5. The number of hydrogen-bond acceptors (Lipinski definition) is 1. The van der Waals surface area contributed by atoms with Gasteiger partial charge in [0.1, 0.15) is 5.78 Å². The van der Waals surface area contributed by atoms with Crippen molar-refractivity contribution in [2.24, 2.45) is 50.7 Å². The fourth-order valence-corrected chi connectivity index (χ4v) is 11.0. The fraction of sp³-hybridized carbons (Fsp3) is 0.900. The van der Waals surface area contributed by atoms with Crippen molar-refractivity contribution in [3.63, 3.8) is 0 Å². The SMILES string of the molecule is CC(C)=CCC[C@@H](C)[C@H]1CC[C@@]2(C)[C@@H]3CC[C@@H]4C(C)(C)C(=O)CC[C@@]45C[C@@]35CC[C@]12C. The average Bonchev–Trinajstić information content (AvgIpc) is 3.27. The van der Waals surface area contributed by atoms with Gasteiger partial charge in [0.2, 0.25) is 0 Å². The molecular weight excluding hydrogens is 376 g/mol. The third-order valence-electron chi connectivity index (χ3n) is 12.8. The first-order valence-corrected chi connectivity index (χ1v) is 13.6. The van der Waals surface area contributed by atoms with Gasteiger partial charge in [-0.1, -0.05) is 46.3 Å². The van der Waals surface area contributed by atoms with E-state index in [9.17, 15) is 4.79 Å². The van der Waals surface area contributed by atoms with Gasteiger partial charge in [-0.25, -0.2) is 0 Å². The van der Waals surface area contributed by atoms with Crippen LogP contribution in [0.2, 0.25) is 0 Å². The van der Waals surface area contributed by atoms with Gasteiger partial charge in [-0.2, -0.15) is 0 Å². The van der Waals surface area contributed by atoms with Crippen molar-refractivity contribution in [1.82, 2.24) is 0 Å². The van der Waals surface area contributed by atoms with Crippen molar-refractivity contribution in [2.75, 3.05) is 0 Å². The van der Waals surface area contributed by atoms with Gasteiger partial charge >= 0.3 is 0 Å². The predicted molar refractivity (Wildman–Crippen MR) is 130 cm³/mol. The first-order chi connectivity index (χ1) is 14.4. The second-order valence-corrected chi connectivity index (χ2v) is 14.1. The van der Waals surface area contributed by atoms with Gasteiger partial charge in [0.15, 0.2) is 0 Å². The van der Waals surface area contributed by atoms with Crippen LogP contribution in [0.1, 0.15) is 119 Å². The summed E-state index contributed by atoms with van der Waals surface area (Å²) in [6, 6.07) is 0. The average molecular weight is 425 g/mol. The number of rotatable bonds is 4. The third-order valence-corrected chi connectivity index (χ3v) is 12.8. The highest BCUT2D eigenvalue weighted by Crippen LogP contribution is 2.88. The van der Waals surface area contributed by atoms with Crippen LogP contribution in [-0.2, 0) is 4.79 Å². The summed E-state index contributed by atoms with van der Waals surface area (Å²) in [7, 11) is 0. The molecule has 0 N–H and O–H groups in total. The van der Waals surface area contributed by atoms with Gasteiger partial charge in [-0.3, -0.25) is 4.79 Å². The molecule has 0 aliphatic heterocycles. The number of Topliss-reactive ketones (excluding diaryl/α,β-unsaturated/α-hetero) is 1. The molecule has 0 bridgehead atoms. The number of allylic oxidation sites excluding steroid dienone is 2. The Balaban J connectivity index is 1.41. The lowest BCUT2D eigenvalue weighted by Crippen LogP contribution is -2.57. The zero-order valence-electron chi connectivity index (χ0n) is 21.6. The van der Waals surface area contributed by atoms with Crippen molar-refractivity contribution < 1.29 is 4.79 Å². The molecule has 0 saturated heterocycles. The molecule has 0 radical (unpaired) electrons. The molecule has 0 aromatic heterocycles. The fourth-order valence-electron chi connectivity index (χ4n) is 11.0. The molecule has 1 nitrogen and oxygen atoms in total. The summed E-state index contributed by atoms with van der Waals surface area (Å²) >= 11 is 0. The van der Waals surface area contributed by atoms with Crippen LogP contribution in [0, 0.1) is 50.7 Å². The Hall–Kier alpha value is -0.590. The topological polar surface area (TPSA) is 17.1 Å². The molecule has 0 aromatic rings. The summed E-state index contributed by atoms with van der Waals surface area (Å²) in [5.74, 6) is 3.87. The Morgan fingerprint density at radius 3 is 2.32 bits per heavy atom. The van der Waals surface area contributed by atoms with E-state index >= 15 is 0 Å². The van der Waals surface area contributed by atoms with Gasteiger partial charge in [-0.15, -0.1) is 0 Å². The highest BCUT2D eigenvalue weighted by molar-refractivity contribution is 5.86. The third kappa shape index (κ3) is 2.64. The molecule has 0 amide bonds. The summed E-state index contributed by atoms with van der Waals surface area (Å²) in [4.78, 5) is 12.8. The summed E-state index contributed by atoms with van der Waals surface area (Å²) in [6.45, 7) is 17.1. The standard InChI is InChI=1S/C30H48O/c1-20(2)9-8-10-21(3)22-13-15-28(7)24-12-11-23-26(4,5)25(31)14-16-29(23)19-30(24,29)18-17-27(22,28)6/h9,21-24H,8,10-19H2,1-7H3/t21-,22-,23-,24+,27-,28+,29-,30+/m1/s1. The molecule has 5 aliphatic carbocycles. The molecule has 31 heavy (non-hydrogen) atoms. The molecule has 2 spiro atoms. The maximum absolute atomic E-state index is 12.8. The molecular formula is C30H48O. The lowest BCUT2D eigenvalue weighted by atomic mass is 9.42. The van der Waals surface area contributed by atoms with Crippen molar-refractivity contribution in [2.45, 2.75) is 119 Å². The van der Waals surface area contributed by atoms with E-state index in [-0.39, 0.29) is 5.41 Å². The van der Waals surface area contributed by atoms with E-state index < -0.39 is 0 Å². The monoisotopic (exact) mass is 424 g/mol. The quantitative estimate of drug-likeness (QED) is 0.414. The minimum absolute atomic E-state index is 0.0774. The van der Waals surface area contributed by atoms with E-state index in [1.165, 1.54) is 69.8 Å². The van der Waals surface area contributed by atoms with Crippen LogP contribution in [0.15, 0.2) is 11.6 Å². The number of ketones is 1. The molecule has 5 fully saturated rings. The van der Waals surface area contributed by atoms with Gasteiger partial charge in [0, 0.05) is 11.8 Å². The molecule has 1 heteroatoms. The minimum Gasteiger partial charge on any atom is -0.299 e. The lowest BCUT2D eigenvalue weighted by Gasteiger charge is -2.62. The number of carbonyl (C=O) groups excluding carboxylic acids is 1. The van der Waals surface area contributed by atoms with E-state index in [1.54, 1.807) is 0 Å². The van der Waals surface area contributed by atoms with E-state index in [0.717, 1.165) is 24.2 Å². The van der Waals surface area contributed by atoms with Crippen LogP contribution >= 0.6 is 0 Å². The molecule has 174 valence electrons. The van der Waals surface area contributed by atoms with Crippen LogP contribution < -0.4 is 0 Å². The molecule has 5 rings (SSSR count). The lowest BCUT2D eigenvalue weighted by molar-refractivity contribution is -0.157. The van der Waals surface area contributed by atoms with E-state index in [1.807, 2.05) is 0 Å². The molecule has 8 atom stereocenters. The van der Waals surface area contributed by atoms with Gasteiger partial charge in [0.25, 0.3) is 0 Å². The second-order valence-electron chi connectivity index (χ2n) is 14.1. The Morgan fingerprint density at radius 2 is 1.61 bits per heavy atom. The van der Waals surface area contributed by atoms with Crippen molar-refractivity contribution in [3.8, 4) is 0 Å². The van der Waals surface area contributed by atoms with Gasteiger partial charge in [0.05, 0.1) is 0 Å². The van der Waals surface area contributed by atoms with Crippen LogP contribution in [0.25, 0.3) is 0 Å². The zero-order valence-corrected chi connectivity index (χ0v) is 21.6. The summed E-state index contributed by atoms with van der Waals surface area (Å²) in [5.41, 5.74) is 3.53. The van der Waals surface area contributed by atoms with Crippen molar-refractivity contribution in [3.05, 3.63) is 11.6 Å². The van der Waals surface area contributed by atoms with Crippen LogP contribution in [0.4, 0.5) is 0 Å². The molecule has 0 unspecified atom stereocenters. The molecule has 5 aliphatic rings. The largest absolute Gasteiger partial charge is 0.299 e. The Bertz CT molecular complexity index is 801.